The maximum absolute atomic E-state index is 14.0. The number of carbonyl (C=O) groups excluding carboxylic acids is 2. The van der Waals surface area contributed by atoms with E-state index in [0.29, 0.717) is 32.4 Å². The van der Waals surface area contributed by atoms with Gasteiger partial charge < -0.3 is 44.2 Å². The number of allylic oxidation sites excluding steroid dienone is 3. The largest absolute Gasteiger partial charge is 0.462 e. The summed E-state index contributed by atoms with van der Waals surface area (Å²) in [5, 5.41) is 44.6. The number of hydrogen-bond donors (Lipinski definition) is 3. The van der Waals surface area contributed by atoms with Crippen molar-refractivity contribution >= 4 is 22.7 Å². The van der Waals surface area contributed by atoms with Crippen molar-refractivity contribution in [2.75, 3.05) is 47.3 Å². The molecule has 0 bridgehead atoms. The third-order valence-corrected chi connectivity index (χ3v) is 13.8. The molecule has 1 unspecified atom stereocenters. The van der Waals surface area contributed by atoms with Crippen LogP contribution in [0.1, 0.15) is 91.7 Å². The molecule has 3 aliphatic rings. The number of para-hydroxylation sites is 1. The molecule has 15 heteroatoms. The number of ether oxygens (including phenoxy) is 3. The summed E-state index contributed by atoms with van der Waals surface area (Å²) >= 11 is 0. The van der Waals surface area contributed by atoms with Crippen molar-refractivity contribution in [3.63, 3.8) is 0 Å². The van der Waals surface area contributed by atoms with Gasteiger partial charge in [-0.2, -0.15) is 0 Å². The van der Waals surface area contributed by atoms with E-state index in [4.69, 9.17) is 14.2 Å². The molecular formula is C50H75N7O8. The Bertz CT molecular complexity index is 2050. The number of esters is 1. The number of benzene rings is 1. The summed E-state index contributed by atoms with van der Waals surface area (Å²) in [7, 11) is 5.56. The fraction of sp³-hybridized carbons (Fsp3) is 0.660. The SMILES string of the molecule is CC[C@H]1OC(=O)C[C@@H](O)[C@H](C)[C@@H](O[C@@H]2O[C@H](C)[C@@H](O)[C@H](N(C)C)[C@H]2O)C(CCN(C)Cc2cn(-c3cnc4ccccc4c3)nn2)C[C@@H](C)C(=O)/C=C/C(C)=C/[C@@H]1CN1CCCCCC1. The summed E-state index contributed by atoms with van der Waals surface area (Å²) < 4.78 is 21.0. The topological polar surface area (TPSA) is 176 Å². The highest BCUT2D eigenvalue weighted by Gasteiger charge is 2.47. The van der Waals surface area contributed by atoms with Gasteiger partial charge in [-0.15, -0.1) is 5.10 Å². The molecule has 3 aliphatic heterocycles. The Balaban J connectivity index is 1.28. The normalized spacial score (nSPS) is 33.2. The number of rotatable bonds is 12. The van der Waals surface area contributed by atoms with Gasteiger partial charge in [-0.25, -0.2) is 4.68 Å². The third kappa shape index (κ3) is 13.6. The highest BCUT2D eigenvalue weighted by Crippen LogP contribution is 2.35. The molecule has 15 nitrogen and oxygen atoms in total. The standard InChI is InChI=1S/C50H75N7O8/c1-9-44-38(29-56-21-14-10-11-15-22-56)24-32(2)18-19-42(58)33(3)25-37(20-23-55(8)30-39-31-57(53-52-39)40-26-36-16-12-13-17-41(36)51-28-40)49(34(4)43(59)27-45(60)64-44)65-50-48(62)46(54(6)7)47(61)35(5)63-50/h12-13,16-19,24,26,28,31,33-35,37-38,43-44,46-50,59,61-62H,9-11,14-15,20-23,25,27,29-30H2,1-8H3/b19-18+,32-24+/t33-,34+,35-,37?,38-,43-,44-,46+,47-,48-,49-,50+/m1/s1. The zero-order valence-corrected chi connectivity index (χ0v) is 39.9. The number of cyclic esters (lactones) is 1. The van der Waals surface area contributed by atoms with Crippen molar-refractivity contribution < 1.29 is 39.1 Å². The number of aliphatic hydroxyl groups excluding tert-OH is 3. The van der Waals surface area contributed by atoms with Crippen LogP contribution in [0.3, 0.4) is 0 Å². The molecule has 0 saturated carbocycles. The molecule has 0 radical (unpaired) electrons. The molecule has 0 amide bonds. The summed E-state index contributed by atoms with van der Waals surface area (Å²) in [5.74, 6) is -2.07. The molecular weight excluding hydrogens is 827 g/mol. The molecule has 12 atom stereocenters. The van der Waals surface area contributed by atoms with Gasteiger partial charge in [0.2, 0.25) is 0 Å². The van der Waals surface area contributed by atoms with Crippen LogP contribution < -0.4 is 0 Å². The minimum atomic E-state index is -1.24. The minimum Gasteiger partial charge on any atom is -0.462 e. The first-order valence-corrected chi connectivity index (χ1v) is 23.9. The zero-order valence-electron chi connectivity index (χ0n) is 39.9. The van der Waals surface area contributed by atoms with Gasteiger partial charge in [0.15, 0.2) is 12.1 Å². The molecule has 2 aromatic heterocycles. The number of hydrogen-bond acceptors (Lipinski definition) is 14. The Morgan fingerprint density at radius 1 is 0.969 bits per heavy atom. The van der Waals surface area contributed by atoms with Gasteiger partial charge in [0.05, 0.1) is 66.2 Å². The van der Waals surface area contributed by atoms with Crippen LogP contribution in [0.5, 0.6) is 0 Å². The number of fused-ring (bicyclic) bond motifs is 1. The molecule has 1 aromatic carbocycles. The van der Waals surface area contributed by atoms with E-state index in [1.54, 1.807) is 42.9 Å². The smallest absolute Gasteiger partial charge is 0.308 e. The molecule has 2 saturated heterocycles. The van der Waals surface area contributed by atoms with Crippen molar-refractivity contribution in [3.05, 3.63) is 72.2 Å². The van der Waals surface area contributed by atoms with E-state index < -0.39 is 66.8 Å². The van der Waals surface area contributed by atoms with Gasteiger partial charge in [-0.3, -0.25) is 14.6 Å². The predicted octanol–water partition coefficient (Wildman–Crippen LogP) is 5.35. The molecule has 0 spiro atoms. The number of aromatic nitrogens is 4. The average molecular weight is 902 g/mol. The minimum absolute atomic E-state index is 0.0316. The second-order valence-electron chi connectivity index (χ2n) is 19.3. The summed E-state index contributed by atoms with van der Waals surface area (Å²) in [4.78, 5) is 38.9. The van der Waals surface area contributed by atoms with Crippen LogP contribution in [0.25, 0.3) is 16.6 Å². The molecule has 5 heterocycles. The van der Waals surface area contributed by atoms with E-state index >= 15 is 0 Å². The molecule has 3 aromatic rings. The lowest BCUT2D eigenvalue weighted by molar-refractivity contribution is -0.304. The summed E-state index contributed by atoms with van der Waals surface area (Å²) in [6, 6.07) is 9.24. The Labute approximate surface area is 385 Å². The van der Waals surface area contributed by atoms with Crippen molar-refractivity contribution in [1.82, 2.24) is 34.7 Å². The number of aliphatic hydroxyl groups is 3. The van der Waals surface area contributed by atoms with E-state index in [-0.39, 0.29) is 24.0 Å². The van der Waals surface area contributed by atoms with Gasteiger partial charge in [0.1, 0.15) is 12.2 Å². The van der Waals surface area contributed by atoms with E-state index in [9.17, 15) is 24.9 Å². The Morgan fingerprint density at radius 2 is 1.71 bits per heavy atom. The van der Waals surface area contributed by atoms with E-state index in [1.807, 2.05) is 77.3 Å². The van der Waals surface area contributed by atoms with E-state index in [1.165, 1.54) is 12.8 Å². The monoisotopic (exact) mass is 902 g/mol. The highest BCUT2D eigenvalue weighted by molar-refractivity contribution is 5.91. The molecule has 6 rings (SSSR count). The van der Waals surface area contributed by atoms with Crippen LogP contribution >= 0.6 is 0 Å². The Morgan fingerprint density at radius 3 is 2.43 bits per heavy atom. The highest BCUT2D eigenvalue weighted by atomic mass is 16.7. The summed E-state index contributed by atoms with van der Waals surface area (Å²) in [5.41, 5.74) is 3.37. The predicted molar refractivity (Wildman–Crippen MR) is 250 cm³/mol. The quantitative estimate of drug-likeness (QED) is 0.199. The fourth-order valence-electron chi connectivity index (χ4n) is 9.90. The Hall–Kier alpha value is -3.93. The van der Waals surface area contributed by atoms with Crippen molar-refractivity contribution in [2.24, 2.45) is 23.7 Å². The van der Waals surface area contributed by atoms with Crippen LogP contribution in [0, 0.1) is 23.7 Å². The number of nitrogens with zero attached hydrogens (tertiary/aromatic N) is 7. The number of ketones is 1. The number of likely N-dealkylation sites (tertiary alicyclic amines) is 1. The number of likely N-dealkylation sites (N-methyl/N-ethyl adjacent to an activating group) is 1. The second-order valence-corrected chi connectivity index (χ2v) is 19.3. The lowest BCUT2D eigenvalue weighted by atomic mass is 9.79. The zero-order chi connectivity index (χ0) is 46.8. The molecule has 3 N–H and O–H groups in total. The van der Waals surface area contributed by atoms with E-state index in [0.717, 1.165) is 60.3 Å². The van der Waals surface area contributed by atoms with Crippen LogP contribution in [0.2, 0.25) is 0 Å². The van der Waals surface area contributed by atoms with Gasteiger partial charge >= 0.3 is 5.97 Å². The van der Waals surface area contributed by atoms with Crippen LogP contribution in [0.4, 0.5) is 0 Å². The lowest BCUT2D eigenvalue weighted by Gasteiger charge is -2.46. The summed E-state index contributed by atoms with van der Waals surface area (Å²) in [6.07, 6.45) is 8.82. The Kier molecular flexibility index (Phi) is 18.4. The molecule has 0 aliphatic carbocycles. The average Bonchev–Trinajstić information content (AvgIpc) is 3.59. The van der Waals surface area contributed by atoms with Gasteiger partial charge in [0.25, 0.3) is 0 Å². The first-order valence-electron chi connectivity index (χ1n) is 23.9. The van der Waals surface area contributed by atoms with Crippen LogP contribution in [-0.2, 0) is 30.3 Å². The summed E-state index contributed by atoms with van der Waals surface area (Å²) in [6.45, 7) is 13.3. The van der Waals surface area contributed by atoms with E-state index in [2.05, 4.69) is 31.2 Å². The number of pyridine rings is 1. The van der Waals surface area contributed by atoms with Gasteiger partial charge in [-0.05, 0) is 111 Å². The maximum Gasteiger partial charge on any atom is 0.308 e. The fourth-order valence-corrected chi connectivity index (χ4v) is 9.90. The van der Waals surface area contributed by atoms with Gasteiger partial charge in [0, 0.05) is 36.2 Å². The second kappa shape index (κ2) is 23.7. The van der Waals surface area contributed by atoms with Crippen LogP contribution in [-0.4, -0.2) is 158 Å². The number of carbonyl (C=O) groups is 2. The molecule has 65 heavy (non-hydrogen) atoms. The van der Waals surface area contributed by atoms with Crippen molar-refractivity contribution in [3.8, 4) is 5.69 Å². The maximum atomic E-state index is 14.0. The molecule has 358 valence electrons. The first-order chi connectivity index (χ1) is 31.1. The molecule has 2 fully saturated rings. The van der Waals surface area contributed by atoms with Crippen molar-refractivity contribution in [1.29, 1.82) is 0 Å². The van der Waals surface area contributed by atoms with Gasteiger partial charge in [-0.1, -0.05) is 74.8 Å². The first kappa shape index (κ1) is 50.5. The third-order valence-electron chi connectivity index (χ3n) is 13.8. The lowest BCUT2D eigenvalue weighted by Crippen LogP contribution is -2.63. The van der Waals surface area contributed by atoms with Crippen LogP contribution in [0.15, 0.2) is 66.5 Å². The van der Waals surface area contributed by atoms with Crippen molar-refractivity contribution in [2.45, 2.75) is 141 Å².